The molecule has 2 amide bonds. The van der Waals surface area contributed by atoms with Crippen molar-refractivity contribution in [2.24, 2.45) is 5.92 Å². The Morgan fingerprint density at radius 2 is 1.71 bits per heavy atom. The van der Waals surface area contributed by atoms with Gasteiger partial charge >= 0.3 is 0 Å². The molecule has 0 aliphatic rings. The van der Waals surface area contributed by atoms with Crippen LogP contribution in [0, 0.1) is 19.8 Å². The normalized spacial score (nSPS) is 12.4. The number of aryl methyl sites for hydroxylation is 1. The van der Waals surface area contributed by atoms with Gasteiger partial charge in [-0.2, -0.15) is 0 Å². The molecule has 0 aliphatic heterocycles. The van der Waals surface area contributed by atoms with Gasteiger partial charge in [-0.15, -0.1) is 0 Å². The smallest absolute Gasteiger partial charge is 0.244 e. The molecular weight excluding hydrogens is 509 g/mol. The standard InChI is InChI=1S/C25H33Cl2N3O4S/c1-16(2)13-28-25(32)19(5)29(14-20-10-11-21(26)12-22(20)27)24(31)15-30(35(6,33)34)23-9-7-8-17(3)18(23)4/h7-12,16,19H,13-15H2,1-6H3,(H,28,32). The molecule has 0 heterocycles. The number of hydrogen-bond donors (Lipinski definition) is 1. The second kappa shape index (κ2) is 12.1. The molecule has 1 atom stereocenters. The first-order valence-electron chi connectivity index (χ1n) is 11.3. The molecule has 35 heavy (non-hydrogen) atoms. The molecule has 2 aromatic rings. The Bertz CT molecular complexity index is 1190. The lowest BCUT2D eigenvalue weighted by Gasteiger charge is -2.32. The number of anilines is 1. The van der Waals surface area contributed by atoms with Crippen molar-refractivity contribution >= 4 is 50.7 Å². The van der Waals surface area contributed by atoms with Crippen LogP contribution in [0.3, 0.4) is 0 Å². The van der Waals surface area contributed by atoms with Gasteiger partial charge in [-0.25, -0.2) is 8.42 Å². The molecule has 1 unspecified atom stereocenters. The van der Waals surface area contributed by atoms with Crippen molar-refractivity contribution in [1.29, 1.82) is 0 Å². The molecule has 2 rings (SSSR count). The van der Waals surface area contributed by atoms with Gasteiger partial charge in [0, 0.05) is 23.1 Å². The van der Waals surface area contributed by atoms with Crippen LogP contribution in [-0.2, 0) is 26.2 Å². The van der Waals surface area contributed by atoms with Gasteiger partial charge in [0.05, 0.1) is 11.9 Å². The molecule has 0 radical (unpaired) electrons. The maximum absolute atomic E-state index is 13.6. The minimum atomic E-state index is -3.80. The van der Waals surface area contributed by atoms with Crippen LogP contribution < -0.4 is 9.62 Å². The predicted octanol–water partition coefficient (Wildman–Crippen LogP) is 4.57. The fraction of sp³-hybridized carbons (Fsp3) is 0.440. The Labute approximate surface area is 218 Å². The van der Waals surface area contributed by atoms with Crippen LogP contribution >= 0.6 is 23.2 Å². The van der Waals surface area contributed by atoms with Crippen LogP contribution in [0.15, 0.2) is 36.4 Å². The predicted molar refractivity (Wildman–Crippen MR) is 142 cm³/mol. The van der Waals surface area contributed by atoms with Crippen molar-refractivity contribution in [2.75, 3.05) is 23.7 Å². The highest BCUT2D eigenvalue weighted by atomic mass is 35.5. The quantitative estimate of drug-likeness (QED) is 0.477. The molecule has 7 nitrogen and oxygen atoms in total. The lowest BCUT2D eigenvalue weighted by atomic mass is 10.1. The van der Waals surface area contributed by atoms with E-state index in [9.17, 15) is 18.0 Å². The highest BCUT2D eigenvalue weighted by Gasteiger charge is 2.31. The minimum Gasteiger partial charge on any atom is -0.354 e. The molecule has 0 aromatic heterocycles. The van der Waals surface area contributed by atoms with Crippen LogP contribution in [-0.4, -0.2) is 50.5 Å². The minimum absolute atomic E-state index is 0.00943. The number of sulfonamides is 1. The van der Waals surface area contributed by atoms with Crippen LogP contribution in [0.2, 0.25) is 10.0 Å². The van der Waals surface area contributed by atoms with Gasteiger partial charge in [0.25, 0.3) is 0 Å². The van der Waals surface area contributed by atoms with Crippen LogP contribution in [0.25, 0.3) is 0 Å². The number of carbonyl (C=O) groups excluding carboxylic acids is 2. The van der Waals surface area contributed by atoms with Crippen molar-refractivity contribution < 1.29 is 18.0 Å². The van der Waals surface area contributed by atoms with Crippen molar-refractivity contribution in [3.63, 3.8) is 0 Å². The van der Waals surface area contributed by atoms with Crippen molar-refractivity contribution in [3.8, 4) is 0 Å². The summed E-state index contributed by atoms with van der Waals surface area (Å²) in [4.78, 5) is 27.8. The van der Waals surface area contributed by atoms with E-state index in [0.717, 1.165) is 21.7 Å². The molecule has 192 valence electrons. The van der Waals surface area contributed by atoms with E-state index in [1.54, 1.807) is 44.2 Å². The highest BCUT2D eigenvalue weighted by Crippen LogP contribution is 2.27. The topological polar surface area (TPSA) is 86.8 Å². The van der Waals surface area contributed by atoms with Gasteiger partial charge in [-0.1, -0.05) is 55.2 Å². The Balaban J connectivity index is 2.45. The summed E-state index contributed by atoms with van der Waals surface area (Å²) in [6, 6.07) is 9.30. The lowest BCUT2D eigenvalue weighted by Crippen LogP contribution is -2.51. The zero-order valence-electron chi connectivity index (χ0n) is 20.9. The van der Waals surface area contributed by atoms with E-state index in [2.05, 4.69) is 5.32 Å². The third kappa shape index (κ3) is 7.85. The van der Waals surface area contributed by atoms with Gasteiger partial charge in [0.2, 0.25) is 21.8 Å². The van der Waals surface area contributed by atoms with E-state index in [1.165, 1.54) is 4.90 Å². The maximum atomic E-state index is 13.6. The van der Waals surface area contributed by atoms with Gasteiger partial charge in [0.1, 0.15) is 12.6 Å². The number of hydrogen-bond acceptors (Lipinski definition) is 4. The first-order valence-corrected chi connectivity index (χ1v) is 13.9. The third-order valence-electron chi connectivity index (χ3n) is 5.73. The number of halogens is 2. The summed E-state index contributed by atoms with van der Waals surface area (Å²) in [5.41, 5.74) is 2.66. The molecule has 0 fully saturated rings. The first kappa shape index (κ1) is 28.9. The molecule has 1 N–H and O–H groups in total. The molecular formula is C25H33Cl2N3O4S. The number of nitrogens with one attached hydrogen (secondary N) is 1. The van der Waals surface area contributed by atoms with E-state index in [4.69, 9.17) is 23.2 Å². The first-order chi connectivity index (χ1) is 16.2. The average molecular weight is 543 g/mol. The average Bonchev–Trinajstić information content (AvgIpc) is 2.76. The Kier molecular flexibility index (Phi) is 10.0. The van der Waals surface area contributed by atoms with E-state index < -0.39 is 28.5 Å². The van der Waals surface area contributed by atoms with Gasteiger partial charge in [-0.05, 0) is 61.6 Å². The number of nitrogens with zero attached hydrogens (tertiary/aromatic N) is 2. The fourth-order valence-electron chi connectivity index (χ4n) is 3.47. The number of amides is 2. The molecule has 0 bridgehead atoms. The summed E-state index contributed by atoms with van der Waals surface area (Å²) in [5.74, 6) is -0.643. The van der Waals surface area contributed by atoms with E-state index >= 15 is 0 Å². The largest absolute Gasteiger partial charge is 0.354 e. The Morgan fingerprint density at radius 3 is 2.29 bits per heavy atom. The molecule has 0 aliphatic carbocycles. The zero-order chi connectivity index (χ0) is 26.5. The highest BCUT2D eigenvalue weighted by molar-refractivity contribution is 7.92. The second-order valence-corrected chi connectivity index (χ2v) is 11.8. The number of carbonyl (C=O) groups is 2. The summed E-state index contributed by atoms with van der Waals surface area (Å²) in [6.45, 7) is 9.22. The number of benzene rings is 2. The van der Waals surface area contributed by atoms with Crippen LogP contribution in [0.5, 0.6) is 0 Å². The Hall–Kier alpha value is -2.29. The monoisotopic (exact) mass is 541 g/mol. The fourth-order valence-corrected chi connectivity index (χ4v) is 4.84. The summed E-state index contributed by atoms with van der Waals surface area (Å²) in [6.07, 6.45) is 1.06. The van der Waals surface area contributed by atoms with Crippen molar-refractivity contribution in [1.82, 2.24) is 10.2 Å². The SMILES string of the molecule is Cc1cccc(N(CC(=O)N(Cc2ccc(Cl)cc2Cl)C(C)C(=O)NCC(C)C)S(C)(=O)=O)c1C. The van der Waals surface area contributed by atoms with Gasteiger partial charge < -0.3 is 10.2 Å². The molecule has 0 saturated heterocycles. The van der Waals surface area contributed by atoms with E-state index in [0.29, 0.717) is 27.8 Å². The number of rotatable bonds is 10. The lowest BCUT2D eigenvalue weighted by molar-refractivity contribution is -0.139. The van der Waals surface area contributed by atoms with Crippen LogP contribution in [0.4, 0.5) is 5.69 Å². The van der Waals surface area contributed by atoms with Gasteiger partial charge in [0.15, 0.2) is 0 Å². The Morgan fingerprint density at radius 1 is 1.06 bits per heavy atom. The molecule has 2 aromatic carbocycles. The summed E-state index contributed by atoms with van der Waals surface area (Å²) in [5, 5.41) is 3.63. The second-order valence-electron chi connectivity index (χ2n) is 9.06. The summed E-state index contributed by atoms with van der Waals surface area (Å²) < 4.78 is 26.5. The summed E-state index contributed by atoms with van der Waals surface area (Å²) in [7, 11) is -3.80. The van der Waals surface area contributed by atoms with Crippen LogP contribution in [0.1, 0.15) is 37.5 Å². The molecule has 10 heteroatoms. The zero-order valence-corrected chi connectivity index (χ0v) is 23.3. The van der Waals surface area contributed by atoms with E-state index in [-0.39, 0.29) is 18.4 Å². The van der Waals surface area contributed by atoms with E-state index in [1.807, 2.05) is 26.8 Å². The third-order valence-corrected chi connectivity index (χ3v) is 7.44. The molecule has 0 saturated carbocycles. The van der Waals surface area contributed by atoms with Gasteiger partial charge in [-0.3, -0.25) is 13.9 Å². The maximum Gasteiger partial charge on any atom is 0.244 e. The summed E-state index contributed by atoms with van der Waals surface area (Å²) >= 11 is 12.4. The van der Waals surface area contributed by atoms with Crippen molar-refractivity contribution in [3.05, 3.63) is 63.1 Å². The van der Waals surface area contributed by atoms with Crippen molar-refractivity contribution in [2.45, 2.75) is 47.2 Å². The molecule has 0 spiro atoms.